The lowest BCUT2D eigenvalue weighted by atomic mass is 10.1. The highest BCUT2D eigenvalue weighted by atomic mass is 35.5. The molecule has 6 nitrogen and oxygen atoms in total. The lowest BCUT2D eigenvalue weighted by Crippen LogP contribution is -2.39. The summed E-state index contributed by atoms with van der Waals surface area (Å²) in [5.41, 5.74) is 1.12. The first kappa shape index (κ1) is 19.4. The first-order valence-corrected chi connectivity index (χ1v) is 10.5. The molecule has 2 aliphatic rings. The Balaban J connectivity index is 1.28. The molecule has 1 amide bonds. The molecule has 7 heteroatoms. The van der Waals surface area contributed by atoms with Gasteiger partial charge in [-0.25, -0.2) is 4.68 Å². The van der Waals surface area contributed by atoms with E-state index in [1.807, 2.05) is 35.0 Å². The zero-order chi connectivity index (χ0) is 19.3. The predicted molar refractivity (Wildman–Crippen MR) is 110 cm³/mol. The summed E-state index contributed by atoms with van der Waals surface area (Å²) in [5.74, 6) is 0.854. The van der Waals surface area contributed by atoms with Gasteiger partial charge in [0, 0.05) is 37.1 Å². The Hall–Kier alpha value is -1.89. The second-order valence-corrected chi connectivity index (χ2v) is 8.05. The van der Waals surface area contributed by atoms with Crippen LogP contribution in [-0.4, -0.2) is 46.8 Å². The Morgan fingerprint density at radius 3 is 2.79 bits per heavy atom. The van der Waals surface area contributed by atoms with Crippen molar-refractivity contribution >= 4 is 23.3 Å². The van der Waals surface area contributed by atoms with E-state index in [-0.39, 0.29) is 12.0 Å². The topological polar surface area (TPSA) is 59.4 Å². The Bertz CT molecular complexity index is 786. The van der Waals surface area contributed by atoms with Gasteiger partial charge in [-0.3, -0.25) is 9.69 Å². The molecule has 2 heterocycles. The van der Waals surface area contributed by atoms with Crippen molar-refractivity contribution in [3.05, 3.63) is 47.1 Å². The first-order chi connectivity index (χ1) is 13.7. The third-order valence-corrected chi connectivity index (χ3v) is 5.91. The quantitative estimate of drug-likeness (QED) is 0.791. The van der Waals surface area contributed by atoms with Crippen LogP contribution < -0.4 is 5.32 Å². The normalized spacial score (nSPS) is 21.1. The van der Waals surface area contributed by atoms with E-state index in [0.717, 1.165) is 48.9 Å². The number of benzene rings is 1. The van der Waals surface area contributed by atoms with Crippen LogP contribution in [0.4, 0.5) is 5.82 Å². The number of anilines is 1. The van der Waals surface area contributed by atoms with E-state index in [4.69, 9.17) is 16.3 Å². The fourth-order valence-corrected chi connectivity index (χ4v) is 4.23. The maximum absolute atomic E-state index is 12.5. The number of halogens is 1. The van der Waals surface area contributed by atoms with Crippen molar-refractivity contribution in [2.24, 2.45) is 0 Å². The van der Waals surface area contributed by atoms with Crippen molar-refractivity contribution in [3.63, 3.8) is 0 Å². The SMILES string of the molecule is O=C(CCN1CCO[C@H](c2ccc(Cl)cc2)C1)Nc1ccnn1C1CCCC1. The molecule has 0 radical (unpaired) electrons. The highest BCUT2D eigenvalue weighted by molar-refractivity contribution is 6.30. The molecular formula is C21H27ClN4O2. The molecule has 28 heavy (non-hydrogen) atoms. The van der Waals surface area contributed by atoms with Crippen molar-refractivity contribution in [2.45, 2.75) is 44.2 Å². The minimum atomic E-state index is 0.0258. The minimum absolute atomic E-state index is 0.0258. The van der Waals surface area contributed by atoms with E-state index in [9.17, 15) is 4.79 Å². The Kier molecular flexibility index (Phi) is 6.29. The molecule has 0 unspecified atom stereocenters. The minimum Gasteiger partial charge on any atom is -0.371 e. The summed E-state index contributed by atoms with van der Waals surface area (Å²) in [5, 5.41) is 8.19. The average Bonchev–Trinajstić information content (AvgIpc) is 3.39. The molecule has 1 aromatic heterocycles. The van der Waals surface area contributed by atoms with Crippen LogP contribution in [0.25, 0.3) is 0 Å². The molecule has 150 valence electrons. The second kappa shape index (κ2) is 9.07. The van der Waals surface area contributed by atoms with Crippen LogP contribution in [0.5, 0.6) is 0 Å². The van der Waals surface area contributed by atoms with Crippen molar-refractivity contribution in [3.8, 4) is 0 Å². The van der Waals surface area contributed by atoms with Crippen LogP contribution in [0.15, 0.2) is 36.5 Å². The van der Waals surface area contributed by atoms with Crippen LogP contribution in [0.2, 0.25) is 5.02 Å². The lowest BCUT2D eigenvalue weighted by Gasteiger charge is -2.33. The number of aromatic nitrogens is 2. The van der Waals surface area contributed by atoms with E-state index in [0.29, 0.717) is 19.1 Å². The summed E-state index contributed by atoms with van der Waals surface area (Å²) >= 11 is 5.97. The molecule has 1 saturated carbocycles. The highest BCUT2D eigenvalue weighted by Crippen LogP contribution is 2.31. The lowest BCUT2D eigenvalue weighted by molar-refractivity contribution is -0.117. The standard InChI is InChI=1S/C21H27ClN4O2/c22-17-7-5-16(6-8-17)19-15-25(13-14-28-19)12-10-21(27)24-20-9-11-23-26(20)18-3-1-2-4-18/h5-9,11,18-19H,1-4,10,12-15H2,(H,24,27)/t19-/m0/s1. The van der Waals surface area contributed by atoms with Crippen LogP contribution in [0.3, 0.4) is 0 Å². The van der Waals surface area contributed by atoms with Crippen molar-refractivity contribution in [1.29, 1.82) is 0 Å². The van der Waals surface area contributed by atoms with Crippen LogP contribution >= 0.6 is 11.6 Å². The van der Waals surface area contributed by atoms with Gasteiger partial charge < -0.3 is 10.1 Å². The summed E-state index contributed by atoms with van der Waals surface area (Å²) in [7, 11) is 0. The number of hydrogen-bond donors (Lipinski definition) is 1. The number of nitrogens with zero attached hydrogens (tertiary/aromatic N) is 3. The van der Waals surface area contributed by atoms with Gasteiger partial charge in [0.15, 0.2) is 0 Å². The maximum atomic E-state index is 12.5. The Labute approximate surface area is 170 Å². The molecular weight excluding hydrogens is 376 g/mol. The van der Waals surface area contributed by atoms with Gasteiger partial charge >= 0.3 is 0 Å². The van der Waals surface area contributed by atoms with Crippen molar-refractivity contribution < 1.29 is 9.53 Å². The van der Waals surface area contributed by atoms with Gasteiger partial charge in [-0.15, -0.1) is 0 Å². The second-order valence-electron chi connectivity index (χ2n) is 7.61. The third-order valence-electron chi connectivity index (χ3n) is 5.66. The third kappa shape index (κ3) is 4.74. The van der Waals surface area contributed by atoms with E-state index >= 15 is 0 Å². The van der Waals surface area contributed by atoms with Crippen LogP contribution in [0.1, 0.15) is 49.8 Å². The number of carbonyl (C=O) groups excluding carboxylic acids is 1. The molecule has 0 bridgehead atoms. The number of nitrogens with one attached hydrogen (secondary N) is 1. The molecule has 1 N–H and O–H groups in total. The number of carbonyl (C=O) groups is 1. The van der Waals surface area contributed by atoms with Gasteiger partial charge in [0.25, 0.3) is 0 Å². The van der Waals surface area contributed by atoms with Crippen molar-refractivity contribution in [1.82, 2.24) is 14.7 Å². The first-order valence-electron chi connectivity index (χ1n) is 10.1. The van der Waals surface area contributed by atoms with Crippen LogP contribution in [0, 0.1) is 0 Å². The highest BCUT2D eigenvalue weighted by Gasteiger charge is 2.23. The molecule has 2 fully saturated rings. The fraction of sp³-hybridized carbons (Fsp3) is 0.524. The number of hydrogen-bond acceptors (Lipinski definition) is 4. The largest absolute Gasteiger partial charge is 0.371 e. The van der Waals surface area contributed by atoms with Gasteiger partial charge in [0.2, 0.25) is 5.91 Å². The molecule has 4 rings (SSSR count). The van der Waals surface area contributed by atoms with Crippen LogP contribution in [-0.2, 0) is 9.53 Å². The summed E-state index contributed by atoms with van der Waals surface area (Å²) in [6.07, 6.45) is 7.02. The van der Waals surface area contributed by atoms with Gasteiger partial charge in [-0.05, 0) is 30.5 Å². The van der Waals surface area contributed by atoms with E-state index in [1.165, 1.54) is 12.8 Å². The van der Waals surface area contributed by atoms with E-state index in [2.05, 4.69) is 15.3 Å². The van der Waals surface area contributed by atoms with Crippen molar-refractivity contribution in [2.75, 3.05) is 31.6 Å². The molecule has 2 aromatic rings. The fourth-order valence-electron chi connectivity index (χ4n) is 4.10. The zero-order valence-electron chi connectivity index (χ0n) is 16.0. The predicted octanol–water partition coefficient (Wildman–Crippen LogP) is 4.05. The average molecular weight is 403 g/mol. The molecule has 0 spiro atoms. The number of morpholine rings is 1. The molecule has 1 aliphatic heterocycles. The Morgan fingerprint density at radius 2 is 2.00 bits per heavy atom. The van der Waals surface area contributed by atoms with E-state index < -0.39 is 0 Å². The summed E-state index contributed by atoms with van der Waals surface area (Å²) < 4.78 is 7.88. The summed E-state index contributed by atoms with van der Waals surface area (Å²) in [6.45, 7) is 3.02. The van der Waals surface area contributed by atoms with Gasteiger partial charge in [-0.1, -0.05) is 36.6 Å². The molecule has 1 aromatic carbocycles. The summed E-state index contributed by atoms with van der Waals surface area (Å²) in [6, 6.07) is 10.1. The molecule has 1 saturated heterocycles. The van der Waals surface area contributed by atoms with Gasteiger partial charge in [0.1, 0.15) is 5.82 Å². The smallest absolute Gasteiger partial charge is 0.226 e. The zero-order valence-corrected chi connectivity index (χ0v) is 16.8. The van der Waals surface area contributed by atoms with Gasteiger partial charge in [0.05, 0.1) is 24.9 Å². The number of rotatable bonds is 6. The number of amides is 1. The molecule has 1 atom stereocenters. The molecule has 1 aliphatic carbocycles. The monoisotopic (exact) mass is 402 g/mol. The summed E-state index contributed by atoms with van der Waals surface area (Å²) in [4.78, 5) is 14.8. The maximum Gasteiger partial charge on any atom is 0.226 e. The number of ether oxygens (including phenoxy) is 1. The Morgan fingerprint density at radius 1 is 1.21 bits per heavy atom. The van der Waals surface area contributed by atoms with Gasteiger partial charge in [-0.2, -0.15) is 5.10 Å². The van der Waals surface area contributed by atoms with E-state index in [1.54, 1.807) is 6.20 Å².